The Hall–Kier alpha value is -2.89. The molecule has 3 rings (SSSR count). The predicted octanol–water partition coefficient (Wildman–Crippen LogP) is 2.95. The first kappa shape index (κ1) is 12.2. The first-order valence-electron chi connectivity index (χ1n) is 5.75. The van der Waals surface area contributed by atoms with Crippen LogP contribution < -0.4 is 0 Å². The zero-order valence-electron chi connectivity index (χ0n) is 10.1. The zero-order valence-corrected chi connectivity index (χ0v) is 10.1. The van der Waals surface area contributed by atoms with Gasteiger partial charge in [0.2, 0.25) is 5.82 Å². The lowest BCUT2D eigenvalue weighted by Gasteiger charge is -1.97. The lowest BCUT2D eigenvalue weighted by atomic mass is 10.2. The highest BCUT2D eigenvalue weighted by atomic mass is 19.1. The standard InChI is InChI=1S/C14H9FN2O3/c15-12-7-10(19)5-6-11(12)14-16-13(17-20-14)8-1-3-9(18)4-2-8/h1-7,18-19H. The highest BCUT2D eigenvalue weighted by molar-refractivity contribution is 5.61. The zero-order chi connectivity index (χ0) is 14.1. The highest BCUT2D eigenvalue weighted by Gasteiger charge is 2.14. The summed E-state index contributed by atoms with van der Waals surface area (Å²) in [6.45, 7) is 0. The minimum atomic E-state index is -0.647. The quantitative estimate of drug-likeness (QED) is 0.749. The lowest BCUT2D eigenvalue weighted by Crippen LogP contribution is -1.84. The molecule has 1 heterocycles. The monoisotopic (exact) mass is 272 g/mol. The SMILES string of the molecule is Oc1ccc(-c2noc(-c3ccc(O)cc3F)n2)cc1. The summed E-state index contributed by atoms with van der Waals surface area (Å²) < 4.78 is 18.7. The average molecular weight is 272 g/mol. The Bertz CT molecular complexity index is 753. The number of benzene rings is 2. The molecule has 2 N–H and O–H groups in total. The number of phenolic OH excluding ortho intramolecular Hbond substituents is 2. The molecule has 20 heavy (non-hydrogen) atoms. The van der Waals surface area contributed by atoms with Crippen molar-refractivity contribution in [3.8, 4) is 34.3 Å². The van der Waals surface area contributed by atoms with E-state index >= 15 is 0 Å². The van der Waals surface area contributed by atoms with Crippen molar-refractivity contribution in [2.75, 3.05) is 0 Å². The fourth-order valence-electron chi connectivity index (χ4n) is 1.74. The third kappa shape index (κ3) is 2.18. The van der Waals surface area contributed by atoms with Gasteiger partial charge in [0, 0.05) is 11.6 Å². The van der Waals surface area contributed by atoms with Crippen molar-refractivity contribution in [1.29, 1.82) is 0 Å². The van der Waals surface area contributed by atoms with Crippen LogP contribution in [-0.4, -0.2) is 20.4 Å². The molecule has 0 aliphatic rings. The molecule has 100 valence electrons. The van der Waals surface area contributed by atoms with E-state index in [1.807, 2.05) is 0 Å². The number of phenols is 2. The molecule has 0 bridgehead atoms. The number of aromatic hydroxyl groups is 2. The number of aromatic nitrogens is 2. The second-order valence-corrected chi connectivity index (χ2v) is 4.13. The van der Waals surface area contributed by atoms with Crippen LogP contribution in [0.1, 0.15) is 0 Å². The molecular formula is C14H9FN2O3. The van der Waals surface area contributed by atoms with Gasteiger partial charge in [0.05, 0.1) is 5.56 Å². The third-order valence-electron chi connectivity index (χ3n) is 2.73. The van der Waals surface area contributed by atoms with E-state index in [1.54, 1.807) is 12.1 Å². The number of hydrogen-bond donors (Lipinski definition) is 2. The third-order valence-corrected chi connectivity index (χ3v) is 2.73. The normalized spacial score (nSPS) is 10.7. The Labute approximate surface area is 112 Å². The molecule has 0 amide bonds. The largest absolute Gasteiger partial charge is 0.508 e. The van der Waals surface area contributed by atoms with Gasteiger partial charge in [-0.25, -0.2) is 4.39 Å². The Balaban J connectivity index is 1.99. The van der Waals surface area contributed by atoms with Crippen molar-refractivity contribution in [3.63, 3.8) is 0 Å². The van der Waals surface area contributed by atoms with Gasteiger partial charge in [0.25, 0.3) is 5.89 Å². The van der Waals surface area contributed by atoms with Crippen LogP contribution in [0.5, 0.6) is 11.5 Å². The van der Waals surface area contributed by atoms with Gasteiger partial charge in [0.15, 0.2) is 0 Å². The van der Waals surface area contributed by atoms with E-state index in [9.17, 15) is 9.50 Å². The molecule has 0 fully saturated rings. The van der Waals surface area contributed by atoms with Crippen molar-refractivity contribution in [3.05, 3.63) is 48.3 Å². The second-order valence-electron chi connectivity index (χ2n) is 4.13. The predicted molar refractivity (Wildman–Crippen MR) is 68.5 cm³/mol. The van der Waals surface area contributed by atoms with E-state index in [2.05, 4.69) is 10.1 Å². The fraction of sp³-hybridized carbons (Fsp3) is 0. The maximum absolute atomic E-state index is 13.7. The molecule has 6 heteroatoms. The smallest absolute Gasteiger partial charge is 0.261 e. The van der Waals surface area contributed by atoms with Gasteiger partial charge in [-0.05, 0) is 36.4 Å². The van der Waals surface area contributed by atoms with Crippen molar-refractivity contribution in [1.82, 2.24) is 10.1 Å². The molecule has 0 spiro atoms. The number of hydrogen-bond acceptors (Lipinski definition) is 5. The minimum Gasteiger partial charge on any atom is -0.508 e. The van der Waals surface area contributed by atoms with Gasteiger partial charge in [-0.2, -0.15) is 4.98 Å². The van der Waals surface area contributed by atoms with Gasteiger partial charge in [-0.15, -0.1) is 0 Å². The second kappa shape index (κ2) is 4.65. The van der Waals surface area contributed by atoms with Gasteiger partial charge < -0.3 is 14.7 Å². The van der Waals surface area contributed by atoms with Gasteiger partial charge in [-0.3, -0.25) is 0 Å². The topological polar surface area (TPSA) is 79.4 Å². The first-order chi connectivity index (χ1) is 9.63. The summed E-state index contributed by atoms with van der Waals surface area (Å²) in [4.78, 5) is 4.09. The summed E-state index contributed by atoms with van der Waals surface area (Å²) >= 11 is 0. The molecule has 0 saturated carbocycles. The average Bonchev–Trinajstić information content (AvgIpc) is 2.89. The molecular weight excluding hydrogens is 263 g/mol. The maximum Gasteiger partial charge on any atom is 0.261 e. The van der Waals surface area contributed by atoms with E-state index in [1.165, 1.54) is 24.3 Å². The van der Waals surface area contributed by atoms with Crippen LogP contribution in [0.15, 0.2) is 47.0 Å². The van der Waals surface area contributed by atoms with Crippen LogP contribution in [0.3, 0.4) is 0 Å². The molecule has 0 aliphatic heterocycles. The summed E-state index contributed by atoms with van der Waals surface area (Å²) in [6, 6.07) is 9.90. The molecule has 0 atom stereocenters. The van der Waals surface area contributed by atoms with E-state index in [0.29, 0.717) is 5.56 Å². The van der Waals surface area contributed by atoms with Crippen molar-refractivity contribution >= 4 is 0 Å². The summed E-state index contributed by atoms with van der Waals surface area (Å²) in [6.07, 6.45) is 0. The molecule has 0 unspecified atom stereocenters. The van der Waals surface area contributed by atoms with Crippen LogP contribution in [-0.2, 0) is 0 Å². The van der Waals surface area contributed by atoms with Gasteiger partial charge in [-0.1, -0.05) is 5.16 Å². The molecule has 3 aromatic rings. The van der Waals surface area contributed by atoms with E-state index < -0.39 is 5.82 Å². The fourth-order valence-corrected chi connectivity index (χ4v) is 1.74. The van der Waals surface area contributed by atoms with E-state index in [4.69, 9.17) is 9.63 Å². The Morgan fingerprint density at radius 1 is 0.950 bits per heavy atom. The summed E-state index contributed by atoms with van der Waals surface area (Å²) in [5, 5.41) is 22.1. The number of halogens is 1. The van der Waals surface area contributed by atoms with Crippen LogP contribution in [0.2, 0.25) is 0 Å². The first-order valence-corrected chi connectivity index (χ1v) is 5.75. The molecule has 0 saturated heterocycles. The van der Waals surface area contributed by atoms with Gasteiger partial charge in [0.1, 0.15) is 17.3 Å². The van der Waals surface area contributed by atoms with Crippen LogP contribution in [0.4, 0.5) is 4.39 Å². The summed E-state index contributed by atoms with van der Waals surface area (Å²) in [7, 11) is 0. The van der Waals surface area contributed by atoms with E-state index in [0.717, 1.165) is 6.07 Å². The van der Waals surface area contributed by atoms with E-state index in [-0.39, 0.29) is 28.8 Å². The number of nitrogens with zero attached hydrogens (tertiary/aromatic N) is 2. The summed E-state index contributed by atoms with van der Waals surface area (Å²) in [5.74, 6) is -0.393. The van der Waals surface area contributed by atoms with Crippen LogP contribution >= 0.6 is 0 Å². The van der Waals surface area contributed by atoms with Gasteiger partial charge >= 0.3 is 0 Å². The van der Waals surface area contributed by atoms with Crippen molar-refractivity contribution in [2.24, 2.45) is 0 Å². The lowest BCUT2D eigenvalue weighted by molar-refractivity contribution is 0.428. The number of rotatable bonds is 2. The molecule has 2 aromatic carbocycles. The highest BCUT2D eigenvalue weighted by Crippen LogP contribution is 2.27. The minimum absolute atomic E-state index is 0.0191. The molecule has 0 aliphatic carbocycles. The van der Waals surface area contributed by atoms with Crippen molar-refractivity contribution in [2.45, 2.75) is 0 Å². The molecule has 1 aromatic heterocycles. The Morgan fingerprint density at radius 3 is 2.35 bits per heavy atom. The molecule has 0 radical (unpaired) electrons. The van der Waals surface area contributed by atoms with Crippen LogP contribution in [0, 0.1) is 5.82 Å². The maximum atomic E-state index is 13.7. The van der Waals surface area contributed by atoms with Crippen molar-refractivity contribution < 1.29 is 19.1 Å². The Kier molecular flexibility index (Phi) is 2.83. The molecule has 5 nitrogen and oxygen atoms in total. The van der Waals surface area contributed by atoms with Crippen LogP contribution in [0.25, 0.3) is 22.8 Å². The summed E-state index contributed by atoms with van der Waals surface area (Å²) in [5.41, 5.74) is 0.748. The Morgan fingerprint density at radius 2 is 1.65 bits per heavy atom.